The van der Waals surface area contributed by atoms with Crippen LogP contribution in [0.3, 0.4) is 0 Å². The minimum absolute atomic E-state index is 0.0623. The van der Waals surface area contributed by atoms with Crippen molar-refractivity contribution in [3.8, 4) is 11.5 Å². The minimum Gasteiger partial charge on any atom is -0.494 e. The molecule has 2 N–H and O–H groups in total. The highest BCUT2D eigenvalue weighted by molar-refractivity contribution is 5.96. The zero-order valence-electron chi connectivity index (χ0n) is 16.7. The van der Waals surface area contributed by atoms with Gasteiger partial charge in [-0.2, -0.15) is 0 Å². The van der Waals surface area contributed by atoms with Crippen molar-refractivity contribution in [1.82, 2.24) is 10.6 Å². The standard InChI is InChI=1S/C22H28N2O4/c1-4-27-19-11-7-18(8-12-19)22(26)24-15-21(25)23-14-13-17-5-9-20(10-6-17)28-16(2)3/h5-12,16H,4,13-15H2,1-3H3,(H,23,25)(H,24,26). The number of ether oxygens (including phenoxy) is 2. The molecule has 0 aliphatic carbocycles. The Bertz CT molecular complexity index is 755. The highest BCUT2D eigenvalue weighted by atomic mass is 16.5. The number of nitrogens with one attached hydrogen (secondary N) is 2. The molecule has 0 spiro atoms. The molecular formula is C22H28N2O4. The zero-order chi connectivity index (χ0) is 20.4. The lowest BCUT2D eigenvalue weighted by atomic mass is 10.1. The van der Waals surface area contributed by atoms with E-state index in [2.05, 4.69) is 10.6 Å². The van der Waals surface area contributed by atoms with Gasteiger partial charge in [0.2, 0.25) is 5.91 Å². The summed E-state index contributed by atoms with van der Waals surface area (Å²) in [5.41, 5.74) is 1.59. The van der Waals surface area contributed by atoms with Crippen LogP contribution in [0.25, 0.3) is 0 Å². The molecule has 0 unspecified atom stereocenters. The van der Waals surface area contributed by atoms with Gasteiger partial charge >= 0.3 is 0 Å². The molecule has 0 aliphatic heterocycles. The number of carbonyl (C=O) groups is 2. The molecule has 28 heavy (non-hydrogen) atoms. The van der Waals surface area contributed by atoms with E-state index in [4.69, 9.17) is 9.47 Å². The highest BCUT2D eigenvalue weighted by Crippen LogP contribution is 2.14. The summed E-state index contributed by atoms with van der Waals surface area (Å²) >= 11 is 0. The lowest BCUT2D eigenvalue weighted by Gasteiger charge is -2.10. The number of rotatable bonds is 10. The van der Waals surface area contributed by atoms with Crippen molar-refractivity contribution in [2.75, 3.05) is 19.7 Å². The van der Waals surface area contributed by atoms with Gasteiger partial charge in [0.25, 0.3) is 5.91 Å². The summed E-state index contributed by atoms with van der Waals surface area (Å²) in [6.07, 6.45) is 0.850. The number of benzene rings is 2. The Morgan fingerprint density at radius 1 is 0.929 bits per heavy atom. The first-order chi connectivity index (χ1) is 13.5. The number of amides is 2. The Hall–Kier alpha value is -3.02. The zero-order valence-corrected chi connectivity index (χ0v) is 16.7. The summed E-state index contributed by atoms with van der Waals surface area (Å²) in [4.78, 5) is 24.0. The van der Waals surface area contributed by atoms with Gasteiger partial charge in [-0.25, -0.2) is 0 Å². The van der Waals surface area contributed by atoms with Crippen LogP contribution in [0, 0.1) is 0 Å². The van der Waals surface area contributed by atoms with Gasteiger partial charge < -0.3 is 20.1 Å². The average Bonchev–Trinajstić information content (AvgIpc) is 2.68. The quantitative estimate of drug-likeness (QED) is 0.660. The molecule has 0 atom stereocenters. The fraction of sp³-hybridized carbons (Fsp3) is 0.364. The van der Waals surface area contributed by atoms with Crippen molar-refractivity contribution in [1.29, 1.82) is 0 Å². The summed E-state index contributed by atoms with van der Waals surface area (Å²) in [7, 11) is 0. The lowest BCUT2D eigenvalue weighted by Crippen LogP contribution is -2.37. The summed E-state index contributed by atoms with van der Waals surface area (Å²) < 4.78 is 10.9. The number of hydrogen-bond acceptors (Lipinski definition) is 4. The minimum atomic E-state index is -0.293. The summed E-state index contributed by atoms with van der Waals surface area (Å²) in [5, 5.41) is 5.42. The van der Waals surface area contributed by atoms with E-state index >= 15 is 0 Å². The molecule has 0 aliphatic rings. The molecular weight excluding hydrogens is 356 g/mol. The van der Waals surface area contributed by atoms with Gasteiger partial charge in [0.1, 0.15) is 11.5 Å². The van der Waals surface area contributed by atoms with Crippen molar-refractivity contribution >= 4 is 11.8 Å². The maximum atomic E-state index is 12.1. The summed E-state index contributed by atoms with van der Waals surface area (Å²) in [6, 6.07) is 14.6. The normalized spacial score (nSPS) is 10.4. The van der Waals surface area contributed by atoms with Crippen molar-refractivity contribution < 1.29 is 19.1 Å². The van der Waals surface area contributed by atoms with E-state index in [0.29, 0.717) is 30.9 Å². The Labute approximate surface area is 166 Å². The van der Waals surface area contributed by atoms with E-state index in [1.165, 1.54) is 0 Å². The molecule has 150 valence electrons. The first-order valence-corrected chi connectivity index (χ1v) is 9.51. The predicted molar refractivity (Wildman–Crippen MR) is 109 cm³/mol. The van der Waals surface area contributed by atoms with Crippen LogP contribution in [0.5, 0.6) is 11.5 Å². The maximum Gasteiger partial charge on any atom is 0.251 e. The van der Waals surface area contributed by atoms with Gasteiger partial charge in [-0.15, -0.1) is 0 Å². The second kappa shape index (κ2) is 11.0. The summed E-state index contributed by atoms with van der Waals surface area (Å²) in [5.74, 6) is 1.03. The van der Waals surface area contributed by atoms with Crippen LogP contribution in [0.2, 0.25) is 0 Å². The third-order valence-electron chi connectivity index (χ3n) is 3.87. The first kappa shape index (κ1) is 21.3. The van der Waals surface area contributed by atoms with Gasteiger partial charge in [-0.3, -0.25) is 9.59 Å². The molecule has 6 nitrogen and oxygen atoms in total. The second-order valence-electron chi connectivity index (χ2n) is 6.55. The number of carbonyl (C=O) groups excluding carboxylic acids is 2. The van der Waals surface area contributed by atoms with Crippen LogP contribution in [0.4, 0.5) is 0 Å². The van der Waals surface area contributed by atoms with Crippen LogP contribution in [0.1, 0.15) is 36.7 Å². The monoisotopic (exact) mass is 384 g/mol. The molecule has 0 aromatic heterocycles. The smallest absolute Gasteiger partial charge is 0.251 e. The van der Waals surface area contributed by atoms with Gasteiger partial charge in [-0.1, -0.05) is 12.1 Å². The SMILES string of the molecule is CCOc1ccc(C(=O)NCC(=O)NCCc2ccc(OC(C)C)cc2)cc1. The highest BCUT2D eigenvalue weighted by Gasteiger charge is 2.08. The second-order valence-corrected chi connectivity index (χ2v) is 6.55. The van der Waals surface area contributed by atoms with Crippen LogP contribution in [-0.2, 0) is 11.2 Å². The van der Waals surface area contributed by atoms with E-state index in [1.807, 2.05) is 45.0 Å². The van der Waals surface area contributed by atoms with Crippen LogP contribution in [-0.4, -0.2) is 37.6 Å². The lowest BCUT2D eigenvalue weighted by molar-refractivity contribution is -0.120. The van der Waals surface area contributed by atoms with E-state index < -0.39 is 0 Å². The molecule has 0 heterocycles. The Morgan fingerprint density at radius 2 is 1.57 bits per heavy atom. The van der Waals surface area contributed by atoms with E-state index in [0.717, 1.165) is 11.3 Å². The Balaban J connectivity index is 1.68. The van der Waals surface area contributed by atoms with Crippen LogP contribution >= 0.6 is 0 Å². The molecule has 0 bridgehead atoms. The van der Waals surface area contributed by atoms with Crippen LogP contribution < -0.4 is 20.1 Å². The van der Waals surface area contributed by atoms with Crippen LogP contribution in [0.15, 0.2) is 48.5 Å². The van der Waals surface area contributed by atoms with Gasteiger partial charge in [0.15, 0.2) is 0 Å². The Morgan fingerprint density at radius 3 is 2.18 bits per heavy atom. The van der Waals surface area contributed by atoms with Crippen molar-refractivity contribution in [2.45, 2.75) is 33.3 Å². The number of hydrogen-bond donors (Lipinski definition) is 2. The van der Waals surface area contributed by atoms with Crippen molar-refractivity contribution in [3.05, 3.63) is 59.7 Å². The predicted octanol–water partition coefficient (Wildman–Crippen LogP) is 2.96. The summed E-state index contributed by atoms with van der Waals surface area (Å²) in [6.45, 7) is 6.88. The van der Waals surface area contributed by atoms with Gasteiger partial charge in [0, 0.05) is 12.1 Å². The fourth-order valence-electron chi connectivity index (χ4n) is 2.55. The van der Waals surface area contributed by atoms with E-state index in [1.54, 1.807) is 24.3 Å². The van der Waals surface area contributed by atoms with Crippen molar-refractivity contribution in [2.24, 2.45) is 0 Å². The first-order valence-electron chi connectivity index (χ1n) is 9.51. The van der Waals surface area contributed by atoms with E-state index in [9.17, 15) is 9.59 Å². The molecule has 0 radical (unpaired) electrons. The van der Waals surface area contributed by atoms with Gasteiger partial charge in [-0.05, 0) is 69.2 Å². The third-order valence-corrected chi connectivity index (χ3v) is 3.87. The molecule has 0 saturated heterocycles. The molecule has 0 fully saturated rings. The largest absolute Gasteiger partial charge is 0.494 e. The average molecular weight is 384 g/mol. The molecule has 2 amide bonds. The molecule has 2 rings (SSSR count). The molecule has 2 aromatic rings. The maximum absolute atomic E-state index is 12.1. The molecule has 6 heteroatoms. The molecule has 2 aromatic carbocycles. The third kappa shape index (κ3) is 7.31. The van der Waals surface area contributed by atoms with Gasteiger partial charge in [0.05, 0.1) is 19.3 Å². The molecule has 0 saturated carbocycles. The Kier molecular flexibility index (Phi) is 8.34. The fourth-order valence-corrected chi connectivity index (χ4v) is 2.55. The topological polar surface area (TPSA) is 76.7 Å². The van der Waals surface area contributed by atoms with E-state index in [-0.39, 0.29) is 24.5 Å². The van der Waals surface area contributed by atoms with Crippen molar-refractivity contribution in [3.63, 3.8) is 0 Å².